The maximum Gasteiger partial charge on any atom is 0.269 e. The van der Waals surface area contributed by atoms with Crippen LogP contribution >= 0.6 is 0 Å². The van der Waals surface area contributed by atoms with Gasteiger partial charge in [0.25, 0.3) is 10.0 Å². The second-order valence-electron chi connectivity index (χ2n) is 7.50. The summed E-state index contributed by atoms with van der Waals surface area (Å²) in [5.41, 5.74) is -0.408. The Labute approximate surface area is 158 Å². The first kappa shape index (κ1) is 16.9. The Morgan fingerprint density at radius 2 is 1.81 bits per heavy atom. The highest BCUT2D eigenvalue weighted by Crippen LogP contribution is 2.44. The van der Waals surface area contributed by atoms with Gasteiger partial charge >= 0.3 is 0 Å². The molecule has 3 aliphatic heterocycles. The van der Waals surface area contributed by atoms with E-state index in [1.54, 1.807) is 48.7 Å². The van der Waals surface area contributed by atoms with E-state index in [-0.39, 0.29) is 10.8 Å². The largest absolute Gasteiger partial charge is 0.382 e. The molecule has 0 spiro atoms. The van der Waals surface area contributed by atoms with Crippen LogP contribution in [-0.4, -0.2) is 47.0 Å². The molecule has 3 fully saturated rings. The Morgan fingerprint density at radius 1 is 1.07 bits per heavy atom. The van der Waals surface area contributed by atoms with E-state index in [0.717, 1.165) is 31.3 Å². The number of hydrogen-bond acceptors (Lipinski definition) is 5. The number of piperidine rings is 3. The quantitative estimate of drug-likeness (QED) is 0.750. The van der Waals surface area contributed by atoms with Crippen LogP contribution in [0.2, 0.25) is 0 Å². The predicted molar refractivity (Wildman–Crippen MR) is 102 cm³/mol. The fraction of sp³-hybridized carbons (Fsp3) is 0.350. The van der Waals surface area contributed by atoms with Crippen LogP contribution < -0.4 is 0 Å². The molecule has 3 saturated heterocycles. The van der Waals surface area contributed by atoms with Gasteiger partial charge in [-0.3, -0.25) is 0 Å². The molecule has 1 unspecified atom stereocenters. The van der Waals surface area contributed by atoms with Gasteiger partial charge in [0, 0.05) is 18.1 Å². The molecule has 3 aliphatic rings. The molecule has 0 saturated carbocycles. The third kappa shape index (κ3) is 2.46. The van der Waals surface area contributed by atoms with Gasteiger partial charge in [-0.1, -0.05) is 18.2 Å². The maximum absolute atomic E-state index is 13.5. The van der Waals surface area contributed by atoms with Crippen LogP contribution in [0.3, 0.4) is 0 Å². The summed E-state index contributed by atoms with van der Waals surface area (Å²) >= 11 is 0. The van der Waals surface area contributed by atoms with E-state index in [0.29, 0.717) is 17.9 Å². The zero-order valence-corrected chi connectivity index (χ0v) is 15.6. The van der Waals surface area contributed by atoms with E-state index >= 15 is 0 Å². The SMILES string of the molecule is O=S(=O)(c1ccccc1)n1c(C2(O)CN3CCC2CC3)cc2cccnc21. The Morgan fingerprint density at radius 3 is 2.48 bits per heavy atom. The molecule has 5 heterocycles. The summed E-state index contributed by atoms with van der Waals surface area (Å²) in [7, 11) is -3.88. The summed E-state index contributed by atoms with van der Waals surface area (Å²) in [5.74, 6) is 0.0523. The number of benzene rings is 1. The molecule has 0 aliphatic carbocycles. The fourth-order valence-corrected chi connectivity index (χ4v) is 6.14. The second kappa shape index (κ2) is 5.89. The van der Waals surface area contributed by atoms with Crippen molar-refractivity contribution < 1.29 is 13.5 Å². The molecule has 1 atom stereocenters. The first-order valence-corrected chi connectivity index (χ1v) is 10.7. The van der Waals surface area contributed by atoms with Crippen LogP contribution in [-0.2, 0) is 15.6 Å². The van der Waals surface area contributed by atoms with Crippen LogP contribution in [0.5, 0.6) is 0 Å². The summed E-state index contributed by atoms with van der Waals surface area (Å²) < 4.78 is 28.3. The average Bonchev–Trinajstić information content (AvgIpc) is 3.11. The molecule has 140 valence electrons. The first-order valence-electron chi connectivity index (χ1n) is 9.22. The lowest BCUT2D eigenvalue weighted by molar-refractivity contribution is -0.120. The summed E-state index contributed by atoms with van der Waals surface area (Å²) in [4.78, 5) is 6.75. The van der Waals surface area contributed by atoms with E-state index in [1.807, 2.05) is 6.07 Å². The normalized spacial score (nSPS) is 27.9. The topological polar surface area (TPSA) is 75.4 Å². The highest BCUT2D eigenvalue weighted by atomic mass is 32.2. The van der Waals surface area contributed by atoms with Gasteiger partial charge in [-0.2, -0.15) is 0 Å². The van der Waals surface area contributed by atoms with E-state index in [1.165, 1.54) is 3.97 Å². The molecule has 27 heavy (non-hydrogen) atoms. The van der Waals surface area contributed by atoms with Crippen molar-refractivity contribution in [3.8, 4) is 0 Å². The van der Waals surface area contributed by atoms with Gasteiger partial charge in [0.1, 0.15) is 5.60 Å². The van der Waals surface area contributed by atoms with Crippen molar-refractivity contribution >= 4 is 21.1 Å². The van der Waals surface area contributed by atoms with Crippen molar-refractivity contribution in [1.82, 2.24) is 13.9 Å². The molecule has 7 heteroatoms. The van der Waals surface area contributed by atoms with E-state index in [9.17, 15) is 13.5 Å². The predicted octanol–water partition coefficient (Wildman–Crippen LogP) is 2.19. The van der Waals surface area contributed by atoms with Crippen molar-refractivity contribution in [3.63, 3.8) is 0 Å². The van der Waals surface area contributed by atoms with Crippen molar-refractivity contribution in [3.05, 3.63) is 60.4 Å². The molecule has 0 amide bonds. The number of rotatable bonds is 3. The number of nitrogens with zero attached hydrogens (tertiary/aromatic N) is 3. The molecule has 2 bridgehead atoms. The van der Waals surface area contributed by atoms with Crippen LogP contribution in [0.1, 0.15) is 18.5 Å². The summed E-state index contributed by atoms with van der Waals surface area (Å²) in [5, 5.41) is 12.4. The maximum atomic E-state index is 13.5. The summed E-state index contributed by atoms with van der Waals surface area (Å²) in [6.45, 7) is 2.37. The molecular formula is C20H21N3O3S. The van der Waals surface area contributed by atoms with E-state index in [4.69, 9.17) is 0 Å². The van der Waals surface area contributed by atoms with Crippen LogP contribution in [0, 0.1) is 5.92 Å². The monoisotopic (exact) mass is 383 g/mol. The van der Waals surface area contributed by atoms with Gasteiger partial charge in [-0.15, -0.1) is 0 Å². The summed E-state index contributed by atoms with van der Waals surface area (Å²) in [6, 6.07) is 13.8. The van der Waals surface area contributed by atoms with E-state index < -0.39 is 15.6 Å². The van der Waals surface area contributed by atoms with Crippen LogP contribution in [0.15, 0.2) is 59.6 Å². The Balaban J connectivity index is 1.79. The minimum atomic E-state index is -3.88. The zero-order chi connectivity index (χ0) is 18.6. The molecule has 1 aromatic carbocycles. The Hall–Kier alpha value is -2.22. The minimum absolute atomic E-state index is 0.0523. The third-order valence-corrected chi connectivity index (χ3v) is 7.69. The van der Waals surface area contributed by atoms with Gasteiger partial charge in [0.05, 0.1) is 10.6 Å². The molecule has 3 aromatic rings. The molecule has 1 N–H and O–H groups in total. The molecule has 2 aromatic heterocycles. The highest BCUT2D eigenvalue weighted by Gasteiger charge is 2.49. The zero-order valence-electron chi connectivity index (χ0n) is 14.8. The van der Waals surface area contributed by atoms with E-state index in [2.05, 4.69) is 9.88 Å². The number of aromatic nitrogens is 2. The number of fused-ring (bicyclic) bond motifs is 4. The number of hydrogen-bond donors (Lipinski definition) is 1. The molecular weight excluding hydrogens is 362 g/mol. The van der Waals surface area contributed by atoms with Crippen molar-refractivity contribution in [2.24, 2.45) is 5.92 Å². The average molecular weight is 383 g/mol. The third-order valence-electron chi connectivity index (χ3n) is 5.97. The standard InChI is InChI=1S/C20H21N3O3S/c24-20(14-22-11-8-16(20)9-12-22)18-13-15-5-4-10-21-19(15)23(18)27(25,26)17-6-2-1-3-7-17/h1-7,10,13,16,24H,8-9,11-12,14H2. The van der Waals surface area contributed by atoms with Gasteiger partial charge in [-0.25, -0.2) is 17.4 Å². The molecule has 6 rings (SSSR count). The van der Waals surface area contributed by atoms with Gasteiger partial charge in [-0.05, 0) is 62.2 Å². The number of aliphatic hydroxyl groups is 1. The van der Waals surface area contributed by atoms with Crippen molar-refractivity contribution in [2.75, 3.05) is 19.6 Å². The van der Waals surface area contributed by atoms with Crippen LogP contribution in [0.25, 0.3) is 11.0 Å². The van der Waals surface area contributed by atoms with Crippen molar-refractivity contribution in [2.45, 2.75) is 23.3 Å². The lowest BCUT2D eigenvalue weighted by Crippen LogP contribution is -2.58. The number of pyridine rings is 1. The second-order valence-corrected chi connectivity index (χ2v) is 9.29. The van der Waals surface area contributed by atoms with Crippen molar-refractivity contribution in [1.29, 1.82) is 0 Å². The molecule has 6 nitrogen and oxygen atoms in total. The highest BCUT2D eigenvalue weighted by molar-refractivity contribution is 7.90. The smallest absolute Gasteiger partial charge is 0.269 e. The molecule has 0 radical (unpaired) electrons. The van der Waals surface area contributed by atoms with Gasteiger partial charge in [0.15, 0.2) is 5.65 Å². The minimum Gasteiger partial charge on any atom is -0.382 e. The van der Waals surface area contributed by atoms with Crippen LogP contribution in [0.4, 0.5) is 0 Å². The summed E-state index contributed by atoms with van der Waals surface area (Å²) in [6.07, 6.45) is 3.33. The first-order chi connectivity index (χ1) is 13.0. The lowest BCUT2D eigenvalue weighted by atomic mass is 9.73. The Kier molecular flexibility index (Phi) is 3.69. The van der Waals surface area contributed by atoms with Gasteiger partial charge in [0.2, 0.25) is 0 Å². The van der Waals surface area contributed by atoms with Gasteiger partial charge < -0.3 is 10.0 Å². The fourth-order valence-electron chi connectivity index (χ4n) is 4.58. The lowest BCUT2D eigenvalue weighted by Gasteiger charge is -2.50. The Bertz CT molecular complexity index is 1100.